The lowest BCUT2D eigenvalue weighted by Gasteiger charge is -2.08. The molecule has 2 nitrogen and oxygen atoms in total. The van der Waals surface area contributed by atoms with E-state index in [1.165, 1.54) is 0 Å². The fourth-order valence-corrected chi connectivity index (χ4v) is 1.96. The van der Waals surface area contributed by atoms with Crippen molar-refractivity contribution in [3.63, 3.8) is 0 Å². The van der Waals surface area contributed by atoms with Crippen LogP contribution in [0.1, 0.15) is 43.5 Å². The van der Waals surface area contributed by atoms with Crippen molar-refractivity contribution in [1.82, 2.24) is 4.98 Å². The maximum absolute atomic E-state index is 11.8. The average molecular weight is 270 g/mol. The van der Waals surface area contributed by atoms with Crippen LogP contribution >= 0.6 is 15.9 Å². The highest BCUT2D eigenvalue weighted by Crippen LogP contribution is 2.16. The highest BCUT2D eigenvalue weighted by Gasteiger charge is 2.11. The molecule has 1 aromatic rings. The van der Waals surface area contributed by atoms with Gasteiger partial charge in [0.05, 0.1) is 0 Å². The summed E-state index contributed by atoms with van der Waals surface area (Å²) in [6.07, 6.45) is 6.17. The van der Waals surface area contributed by atoms with Crippen molar-refractivity contribution in [3.8, 4) is 0 Å². The Morgan fingerprint density at radius 3 is 2.87 bits per heavy atom. The molecule has 0 amide bonds. The van der Waals surface area contributed by atoms with Crippen molar-refractivity contribution in [2.24, 2.45) is 5.92 Å². The van der Waals surface area contributed by atoms with E-state index in [-0.39, 0.29) is 5.78 Å². The van der Waals surface area contributed by atoms with Gasteiger partial charge >= 0.3 is 0 Å². The van der Waals surface area contributed by atoms with E-state index in [1.807, 2.05) is 6.07 Å². The maximum Gasteiger partial charge on any atom is 0.164 e. The first kappa shape index (κ1) is 12.4. The molecule has 0 saturated carbocycles. The summed E-state index contributed by atoms with van der Waals surface area (Å²) in [4.78, 5) is 15.8. The zero-order chi connectivity index (χ0) is 11.3. The van der Waals surface area contributed by atoms with Gasteiger partial charge in [0.2, 0.25) is 0 Å². The summed E-state index contributed by atoms with van der Waals surface area (Å²) >= 11 is 3.31. The molecule has 3 heteroatoms. The zero-order valence-electron chi connectivity index (χ0n) is 9.16. The van der Waals surface area contributed by atoms with Crippen molar-refractivity contribution >= 4 is 21.7 Å². The molecule has 0 aromatic carbocycles. The first-order valence-corrected chi connectivity index (χ1v) is 6.06. The Morgan fingerprint density at radius 2 is 2.27 bits per heavy atom. The molecule has 0 spiro atoms. The lowest BCUT2D eigenvalue weighted by molar-refractivity contribution is 0.0962. The number of halogens is 1. The molecule has 0 radical (unpaired) electrons. The first-order valence-electron chi connectivity index (χ1n) is 5.27. The lowest BCUT2D eigenvalue weighted by Crippen LogP contribution is -2.06. The average Bonchev–Trinajstić information content (AvgIpc) is 2.18. The van der Waals surface area contributed by atoms with Crippen LogP contribution in [0.4, 0.5) is 0 Å². The summed E-state index contributed by atoms with van der Waals surface area (Å²) < 4.78 is 0.858. The van der Waals surface area contributed by atoms with Crippen LogP contribution in [0.15, 0.2) is 22.9 Å². The number of hydrogen-bond donors (Lipinski definition) is 0. The summed E-state index contributed by atoms with van der Waals surface area (Å²) in [6.45, 7) is 4.26. The predicted octanol–water partition coefficient (Wildman–Crippen LogP) is 3.85. The van der Waals surface area contributed by atoms with Gasteiger partial charge in [0.1, 0.15) is 0 Å². The third-order valence-electron chi connectivity index (χ3n) is 2.34. The Labute approximate surface area is 99.2 Å². The third kappa shape index (κ3) is 4.12. The van der Waals surface area contributed by atoms with Gasteiger partial charge < -0.3 is 0 Å². The molecule has 0 aliphatic carbocycles. The van der Waals surface area contributed by atoms with Crippen LogP contribution in [0, 0.1) is 5.92 Å². The second kappa shape index (κ2) is 6.01. The van der Waals surface area contributed by atoms with Gasteiger partial charge in [-0.3, -0.25) is 9.78 Å². The van der Waals surface area contributed by atoms with Gasteiger partial charge in [0.15, 0.2) is 5.78 Å². The molecule has 1 rings (SSSR count). The smallest absolute Gasteiger partial charge is 0.164 e. The van der Waals surface area contributed by atoms with Gasteiger partial charge in [-0.1, -0.05) is 26.7 Å². The molecule has 1 atom stereocenters. The lowest BCUT2D eigenvalue weighted by atomic mass is 9.97. The van der Waals surface area contributed by atoms with Crippen LogP contribution in [-0.2, 0) is 0 Å². The second-order valence-corrected chi connectivity index (χ2v) is 4.83. The normalized spacial score (nSPS) is 12.5. The quantitative estimate of drug-likeness (QED) is 0.760. The Hall–Kier alpha value is -0.700. The van der Waals surface area contributed by atoms with Gasteiger partial charge in [-0.2, -0.15) is 0 Å². The summed E-state index contributed by atoms with van der Waals surface area (Å²) in [6, 6.07) is 1.83. The van der Waals surface area contributed by atoms with E-state index in [1.54, 1.807) is 12.4 Å². The van der Waals surface area contributed by atoms with Crippen LogP contribution in [0.25, 0.3) is 0 Å². The Bertz CT molecular complexity index is 338. The Kier molecular flexibility index (Phi) is 4.95. The molecule has 0 saturated heterocycles. The molecule has 1 aromatic heterocycles. The fourth-order valence-electron chi connectivity index (χ4n) is 1.59. The topological polar surface area (TPSA) is 30.0 Å². The van der Waals surface area contributed by atoms with Crippen molar-refractivity contribution in [3.05, 3.63) is 28.5 Å². The number of Topliss-reactive ketones (excluding diaryl/α,β-unsaturated/α-hetero) is 1. The molecule has 82 valence electrons. The standard InChI is InChI=1S/C12H16BrNO/c1-3-4-9(2)5-12(15)10-6-11(13)8-14-7-10/h6-9H,3-5H2,1-2H3. The highest BCUT2D eigenvalue weighted by molar-refractivity contribution is 9.10. The summed E-state index contributed by atoms with van der Waals surface area (Å²) in [5.41, 5.74) is 0.701. The van der Waals surface area contributed by atoms with Crippen molar-refractivity contribution in [2.45, 2.75) is 33.1 Å². The summed E-state index contributed by atoms with van der Waals surface area (Å²) in [7, 11) is 0. The maximum atomic E-state index is 11.8. The van der Waals surface area contributed by atoms with E-state index in [4.69, 9.17) is 0 Å². The molecule has 0 aliphatic rings. The first-order chi connectivity index (χ1) is 7.13. The van der Waals surface area contributed by atoms with Crippen LogP contribution < -0.4 is 0 Å². The second-order valence-electron chi connectivity index (χ2n) is 3.91. The molecule has 1 unspecified atom stereocenters. The predicted molar refractivity (Wildman–Crippen MR) is 65.0 cm³/mol. The number of hydrogen-bond acceptors (Lipinski definition) is 2. The summed E-state index contributed by atoms with van der Waals surface area (Å²) in [5, 5.41) is 0. The SMILES string of the molecule is CCCC(C)CC(=O)c1cncc(Br)c1. The molecule has 0 bridgehead atoms. The molecule has 0 N–H and O–H groups in total. The van der Waals surface area contributed by atoms with Gasteiger partial charge in [0.25, 0.3) is 0 Å². The van der Waals surface area contributed by atoms with E-state index in [0.29, 0.717) is 17.9 Å². The van der Waals surface area contributed by atoms with E-state index in [2.05, 4.69) is 34.8 Å². The van der Waals surface area contributed by atoms with Crippen molar-refractivity contribution in [2.75, 3.05) is 0 Å². The van der Waals surface area contributed by atoms with Crippen LogP contribution in [0.5, 0.6) is 0 Å². The number of rotatable bonds is 5. The Balaban J connectivity index is 2.61. The number of ketones is 1. The Morgan fingerprint density at radius 1 is 1.53 bits per heavy atom. The molecular formula is C12H16BrNO. The van der Waals surface area contributed by atoms with Crippen LogP contribution in [0.2, 0.25) is 0 Å². The molecule has 0 fully saturated rings. The minimum atomic E-state index is 0.185. The minimum Gasteiger partial charge on any atom is -0.294 e. The number of carbonyl (C=O) groups is 1. The van der Waals surface area contributed by atoms with Crippen LogP contribution in [-0.4, -0.2) is 10.8 Å². The van der Waals surface area contributed by atoms with Gasteiger partial charge in [0, 0.05) is 28.9 Å². The number of aromatic nitrogens is 1. The van der Waals surface area contributed by atoms with E-state index in [9.17, 15) is 4.79 Å². The highest BCUT2D eigenvalue weighted by atomic mass is 79.9. The monoisotopic (exact) mass is 269 g/mol. The van der Waals surface area contributed by atoms with Gasteiger partial charge in [-0.25, -0.2) is 0 Å². The molecule has 1 heterocycles. The number of carbonyl (C=O) groups excluding carboxylic acids is 1. The van der Waals surface area contributed by atoms with Gasteiger partial charge in [-0.15, -0.1) is 0 Å². The minimum absolute atomic E-state index is 0.185. The fraction of sp³-hybridized carbons (Fsp3) is 0.500. The van der Waals surface area contributed by atoms with Gasteiger partial charge in [-0.05, 0) is 27.9 Å². The van der Waals surface area contributed by atoms with E-state index in [0.717, 1.165) is 17.3 Å². The van der Waals surface area contributed by atoms with Crippen molar-refractivity contribution < 1.29 is 4.79 Å². The largest absolute Gasteiger partial charge is 0.294 e. The van der Waals surface area contributed by atoms with E-state index < -0.39 is 0 Å². The molecular weight excluding hydrogens is 254 g/mol. The van der Waals surface area contributed by atoms with Crippen molar-refractivity contribution in [1.29, 1.82) is 0 Å². The third-order valence-corrected chi connectivity index (χ3v) is 2.78. The number of pyridine rings is 1. The van der Waals surface area contributed by atoms with E-state index >= 15 is 0 Å². The zero-order valence-corrected chi connectivity index (χ0v) is 10.8. The van der Waals surface area contributed by atoms with Crippen LogP contribution in [0.3, 0.4) is 0 Å². The number of nitrogens with zero attached hydrogens (tertiary/aromatic N) is 1. The molecule has 0 aliphatic heterocycles. The summed E-state index contributed by atoms with van der Waals surface area (Å²) in [5.74, 6) is 0.645. The molecule has 15 heavy (non-hydrogen) atoms.